The van der Waals surface area contributed by atoms with Gasteiger partial charge in [-0.25, -0.2) is 9.59 Å². The number of carboxylic acids is 1. The number of Topliss-reactive ketones (excluding diaryl/α,β-unsaturated/α-hetero) is 1. The molecule has 0 radical (unpaired) electrons. The normalized spacial score (nSPS) is 28.0. The van der Waals surface area contributed by atoms with Crippen LogP contribution in [0.4, 0.5) is 4.79 Å². The SMILES string of the molecule is CCCC(NC(=O)[C@@H]1C[C@@]2(CN1C(=O)[C@@H](NC(=O)NC1(C(=O)O)CCCCC1)C(C)(C)C)C(C)(C)C21CCC1)C(=O)C(=O)NC1CC1. The average molecular weight is 658 g/mol. The summed E-state index contributed by atoms with van der Waals surface area (Å²) in [5.41, 5.74) is -2.54. The summed E-state index contributed by atoms with van der Waals surface area (Å²) in [6.07, 6.45) is 9.00. The Kier molecular flexibility index (Phi) is 9.24. The number of rotatable bonds is 11. The van der Waals surface area contributed by atoms with Crippen LogP contribution in [0.25, 0.3) is 0 Å². The molecule has 4 aliphatic carbocycles. The van der Waals surface area contributed by atoms with E-state index in [-0.39, 0.29) is 22.3 Å². The Labute approximate surface area is 278 Å². The van der Waals surface area contributed by atoms with E-state index in [0.717, 1.165) is 38.5 Å². The topological polar surface area (TPSA) is 174 Å². The summed E-state index contributed by atoms with van der Waals surface area (Å²) in [6, 6.07) is -3.67. The quantitative estimate of drug-likeness (QED) is 0.212. The zero-order valence-corrected chi connectivity index (χ0v) is 29.1. The standard InChI is InChI=1S/C35H55N5O7/c1-7-12-22(24(41)27(43)36-21-13-14-21)37-26(42)23-19-35(32(5,6)34(35)17-11-18-34)20-40(23)28(44)25(31(2,3)4)38-30(47)39-33(29(45)46)15-9-8-10-16-33/h21-23,25H,7-20H2,1-6H3,(H,36,43)(H,37,42)(H,45,46)(H2,38,39,47)/t22?,23-,25+,35+/m0/s1. The minimum absolute atomic E-state index is 0.00511. The molecule has 0 aromatic rings. The molecule has 1 aliphatic heterocycles. The summed E-state index contributed by atoms with van der Waals surface area (Å²) in [5, 5.41) is 21.1. The number of urea groups is 1. The minimum atomic E-state index is -1.39. The Bertz CT molecular complexity index is 1310. The van der Waals surface area contributed by atoms with E-state index < -0.39 is 64.6 Å². The van der Waals surface area contributed by atoms with Crippen molar-refractivity contribution >= 4 is 35.5 Å². The molecular formula is C35H55N5O7. The second-order valence-corrected chi connectivity index (χ2v) is 16.6. The monoisotopic (exact) mass is 657 g/mol. The van der Waals surface area contributed by atoms with Crippen molar-refractivity contribution in [3.8, 4) is 0 Å². The predicted molar refractivity (Wildman–Crippen MR) is 174 cm³/mol. The first-order valence-corrected chi connectivity index (χ1v) is 17.7. The molecule has 4 saturated carbocycles. The number of amides is 5. The Morgan fingerprint density at radius 3 is 2.02 bits per heavy atom. The number of hydrogen-bond donors (Lipinski definition) is 5. The lowest BCUT2D eigenvalue weighted by atomic mass is 9.73. The second-order valence-electron chi connectivity index (χ2n) is 16.6. The van der Waals surface area contributed by atoms with E-state index in [0.29, 0.717) is 51.5 Å². The molecule has 262 valence electrons. The lowest BCUT2D eigenvalue weighted by molar-refractivity contribution is -0.146. The summed E-state index contributed by atoms with van der Waals surface area (Å²) < 4.78 is 0. The summed E-state index contributed by atoms with van der Waals surface area (Å²) >= 11 is 0. The zero-order valence-electron chi connectivity index (χ0n) is 29.1. The highest BCUT2D eigenvalue weighted by Gasteiger charge is 2.85. The molecule has 0 aromatic heterocycles. The number of likely N-dealkylation sites (tertiary alicyclic amines) is 1. The third kappa shape index (κ3) is 6.03. The van der Waals surface area contributed by atoms with Crippen LogP contribution in [-0.2, 0) is 24.0 Å². The molecule has 2 spiro atoms. The van der Waals surface area contributed by atoms with Gasteiger partial charge in [-0.3, -0.25) is 19.2 Å². The average Bonchev–Trinajstić information content (AvgIpc) is 3.80. The van der Waals surface area contributed by atoms with E-state index in [1.807, 2.05) is 27.7 Å². The van der Waals surface area contributed by atoms with Crippen molar-refractivity contribution in [2.24, 2.45) is 21.7 Å². The highest BCUT2D eigenvalue weighted by atomic mass is 16.4. The fourth-order valence-electron chi connectivity index (χ4n) is 9.28. The van der Waals surface area contributed by atoms with Gasteiger partial charge in [-0.05, 0) is 67.6 Å². The molecule has 1 heterocycles. The molecule has 5 amide bonds. The van der Waals surface area contributed by atoms with Crippen LogP contribution in [0.3, 0.4) is 0 Å². The van der Waals surface area contributed by atoms with E-state index >= 15 is 0 Å². The third-order valence-electron chi connectivity index (χ3n) is 12.6. The van der Waals surface area contributed by atoms with E-state index in [9.17, 15) is 33.9 Å². The van der Waals surface area contributed by atoms with Crippen LogP contribution >= 0.6 is 0 Å². The van der Waals surface area contributed by atoms with Crippen molar-refractivity contribution in [1.82, 2.24) is 26.2 Å². The van der Waals surface area contributed by atoms with Gasteiger partial charge in [0.25, 0.3) is 5.91 Å². The van der Waals surface area contributed by atoms with Crippen LogP contribution in [0.1, 0.15) is 125 Å². The van der Waals surface area contributed by atoms with Crippen molar-refractivity contribution in [3.05, 3.63) is 0 Å². The van der Waals surface area contributed by atoms with Gasteiger partial charge in [0.1, 0.15) is 17.6 Å². The van der Waals surface area contributed by atoms with Gasteiger partial charge in [0.2, 0.25) is 17.6 Å². The molecule has 5 N–H and O–H groups in total. The molecule has 5 fully saturated rings. The van der Waals surface area contributed by atoms with Crippen LogP contribution in [-0.4, -0.2) is 81.8 Å². The maximum atomic E-state index is 14.6. The zero-order chi connectivity index (χ0) is 34.6. The number of carboxylic acid groups (broad SMARTS) is 1. The minimum Gasteiger partial charge on any atom is -0.480 e. The lowest BCUT2D eigenvalue weighted by Gasteiger charge is -2.38. The molecule has 1 saturated heterocycles. The number of aliphatic carboxylic acids is 1. The van der Waals surface area contributed by atoms with Gasteiger partial charge in [-0.1, -0.05) is 73.6 Å². The van der Waals surface area contributed by atoms with Crippen LogP contribution in [0.15, 0.2) is 0 Å². The van der Waals surface area contributed by atoms with Gasteiger partial charge in [0.15, 0.2) is 0 Å². The highest BCUT2D eigenvalue weighted by molar-refractivity contribution is 6.38. The van der Waals surface area contributed by atoms with Gasteiger partial charge in [-0.2, -0.15) is 0 Å². The molecule has 12 nitrogen and oxygen atoms in total. The first-order chi connectivity index (χ1) is 21.9. The molecule has 12 heteroatoms. The Hall–Kier alpha value is -3.18. The largest absolute Gasteiger partial charge is 0.480 e. The van der Waals surface area contributed by atoms with Crippen molar-refractivity contribution in [2.45, 2.75) is 155 Å². The molecule has 0 aromatic carbocycles. The maximum Gasteiger partial charge on any atom is 0.329 e. The first kappa shape index (κ1) is 35.1. The number of nitrogens with one attached hydrogen (secondary N) is 4. The van der Waals surface area contributed by atoms with Crippen LogP contribution < -0.4 is 21.3 Å². The van der Waals surface area contributed by atoms with Gasteiger partial charge in [0.05, 0.1) is 6.04 Å². The number of nitrogens with zero attached hydrogens (tertiary/aromatic N) is 1. The number of hydrogen-bond acceptors (Lipinski definition) is 6. The lowest BCUT2D eigenvalue weighted by Crippen LogP contribution is -2.63. The molecule has 5 rings (SSSR count). The summed E-state index contributed by atoms with van der Waals surface area (Å²) in [4.78, 5) is 81.9. The highest BCUT2D eigenvalue weighted by Crippen LogP contribution is 2.88. The fraction of sp³-hybridized carbons (Fsp3) is 0.829. The Balaban J connectivity index is 1.40. The van der Waals surface area contributed by atoms with Crippen LogP contribution in [0.2, 0.25) is 0 Å². The Morgan fingerprint density at radius 2 is 1.53 bits per heavy atom. The molecule has 0 bridgehead atoms. The van der Waals surface area contributed by atoms with E-state index in [1.54, 1.807) is 4.90 Å². The van der Waals surface area contributed by atoms with Crippen molar-refractivity contribution in [1.29, 1.82) is 0 Å². The van der Waals surface area contributed by atoms with Gasteiger partial charge in [-0.15, -0.1) is 0 Å². The van der Waals surface area contributed by atoms with Crippen LogP contribution in [0, 0.1) is 21.7 Å². The van der Waals surface area contributed by atoms with E-state index in [2.05, 4.69) is 35.1 Å². The fourth-order valence-corrected chi connectivity index (χ4v) is 9.28. The van der Waals surface area contributed by atoms with Gasteiger partial charge < -0.3 is 31.3 Å². The number of carbonyl (C=O) groups is 6. The molecule has 1 unspecified atom stereocenters. The predicted octanol–water partition coefficient (Wildman–Crippen LogP) is 3.42. The Morgan fingerprint density at radius 1 is 0.894 bits per heavy atom. The van der Waals surface area contributed by atoms with Crippen LogP contribution in [0.5, 0.6) is 0 Å². The number of carbonyl (C=O) groups excluding carboxylic acids is 5. The van der Waals surface area contributed by atoms with Crippen molar-refractivity contribution in [2.75, 3.05) is 6.54 Å². The smallest absolute Gasteiger partial charge is 0.329 e. The summed E-state index contributed by atoms with van der Waals surface area (Å²) in [6.45, 7) is 12.1. The van der Waals surface area contributed by atoms with E-state index in [1.165, 1.54) is 0 Å². The molecule has 4 atom stereocenters. The number of fused-ring (bicyclic) bond motifs is 1. The third-order valence-corrected chi connectivity index (χ3v) is 12.6. The summed E-state index contributed by atoms with van der Waals surface area (Å²) in [5.74, 6) is -3.35. The summed E-state index contributed by atoms with van der Waals surface area (Å²) in [7, 11) is 0. The maximum absolute atomic E-state index is 14.6. The first-order valence-electron chi connectivity index (χ1n) is 17.7. The van der Waals surface area contributed by atoms with E-state index in [4.69, 9.17) is 0 Å². The second kappa shape index (κ2) is 12.4. The molecular weight excluding hydrogens is 602 g/mol. The number of ketones is 1. The van der Waals surface area contributed by atoms with Crippen molar-refractivity contribution < 1.29 is 33.9 Å². The van der Waals surface area contributed by atoms with Gasteiger partial charge in [0, 0.05) is 18.0 Å². The molecule has 47 heavy (non-hydrogen) atoms. The van der Waals surface area contributed by atoms with Gasteiger partial charge >= 0.3 is 12.0 Å². The van der Waals surface area contributed by atoms with Crippen molar-refractivity contribution in [3.63, 3.8) is 0 Å². The molecule has 5 aliphatic rings.